The minimum atomic E-state index is -0.345. The zero-order chi connectivity index (χ0) is 18.2. The Morgan fingerprint density at radius 2 is 1.52 bits per heavy atom. The summed E-state index contributed by atoms with van der Waals surface area (Å²) in [6.07, 6.45) is 23.8. The fourth-order valence-corrected chi connectivity index (χ4v) is 3.51. The van der Waals surface area contributed by atoms with E-state index in [0.29, 0.717) is 0 Å². The van der Waals surface area contributed by atoms with E-state index >= 15 is 0 Å². The quantitative estimate of drug-likeness (QED) is 0.285. The highest BCUT2D eigenvalue weighted by Gasteiger charge is 2.19. The van der Waals surface area contributed by atoms with Gasteiger partial charge in [0.25, 0.3) is 0 Å². The van der Waals surface area contributed by atoms with E-state index in [1.54, 1.807) is 0 Å². The Morgan fingerprint density at radius 1 is 0.960 bits per heavy atom. The van der Waals surface area contributed by atoms with Crippen LogP contribution in [0.5, 0.6) is 0 Å². The maximum Gasteiger partial charge on any atom is 0.0857 e. The SMILES string of the molecule is CCCCCCCCCCCCCCC=CC(C(C)O)N1C=NCC1. The van der Waals surface area contributed by atoms with Crippen LogP contribution in [0.3, 0.4) is 0 Å². The van der Waals surface area contributed by atoms with E-state index in [1.807, 2.05) is 13.3 Å². The number of aliphatic imine (C=N–C) groups is 1. The molecule has 1 aliphatic heterocycles. The number of aliphatic hydroxyl groups is 1. The summed E-state index contributed by atoms with van der Waals surface area (Å²) in [5, 5.41) is 9.92. The minimum Gasteiger partial charge on any atom is -0.391 e. The van der Waals surface area contributed by atoms with Crippen molar-refractivity contribution < 1.29 is 5.11 Å². The molecule has 1 aliphatic rings. The molecule has 0 amide bonds. The van der Waals surface area contributed by atoms with E-state index in [1.165, 1.54) is 77.0 Å². The van der Waals surface area contributed by atoms with Crippen LogP contribution in [0.1, 0.15) is 97.3 Å². The van der Waals surface area contributed by atoms with Gasteiger partial charge in [-0.1, -0.05) is 89.7 Å². The van der Waals surface area contributed by atoms with Gasteiger partial charge in [-0.3, -0.25) is 4.99 Å². The van der Waals surface area contributed by atoms with Gasteiger partial charge in [0.15, 0.2) is 0 Å². The molecule has 0 spiro atoms. The Bertz CT molecular complexity index is 352. The molecule has 146 valence electrons. The summed E-state index contributed by atoms with van der Waals surface area (Å²) < 4.78 is 0. The van der Waals surface area contributed by atoms with Gasteiger partial charge < -0.3 is 10.0 Å². The third kappa shape index (κ3) is 11.4. The number of hydrogen-bond acceptors (Lipinski definition) is 3. The summed E-state index contributed by atoms with van der Waals surface area (Å²) in [4.78, 5) is 6.38. The van der Waals surface area contributed by atoms with E-state index < -0.39 is 0 Å². The van der Waals surface area contributed by atoms with E-state index in [-0.39, 0.29) is 12.1 Å². The molecule has 2 unspecified atom stereocenters. The Hall–Kier alpha value is -0.830. The molecule has 0 aromatic carbocycles. The normalized spacial score (nSPS) is 16.8. The first kappa shape index (κ1) is 22.2. The number of rotatable bonds is 16. The lowest BCUT2D eigenvalue weighted by atomic mass is 10.0. The van der Waals surface area contributed by atoms with Crippen LogP contribution < -0.4 is 0 Å². The molecule has 0 saturated carbocycles. The molecule has 0 aromatic rings. The monoisotopic (exact) mass is 350 g/mol. The van der Waals surface area contributed by atoms with Crippen molar-refractivity contribution >= 4 is 6.34 Å². The highest BCUT2D eigenvalue weighted by atomic mass is 16.3. The molecule has 0 bridgehead atoms. The van der Waals surface area contributed by atoms with Gasteiger partial charge in [-0.05, 0) is 19.8 Å². The second kappa shape index (κ2) is 15.4. The largest absolute Gasteiger partial charge is 0.391 e. The van der Waals surface area contributed by atoms with Crippen molar-refractivity contribution in [1.82, 2.24) is 4.90 Å². The summed E-state index contributed by atoms with van der Waals surface area (Å²) in [6.45, 7) is 5.93. The van der Waals surface area contributed by atoms with Crippen molar-refractivity contribution in [3.63, 3.8) is 0 Å². The van der Waals surface area contributed by atoms with Crippen molar-refractivity contribution in [3.8, 4) is 0 Å². The van der Waals surface area contributed by atoms with Gasteiger partial charge in [0.2, 0.25) is 0 Å². The molecule has 0 radical (unpaired) electrons. The van der Waals surface area contributed by atoms with Crippen LogP contribution in [-0.4, -0.2) is 41.6 Å². The van der Waals surface area contributed by atoms with Crippen molar-refractivity contribution in [3.05, 3.63) is 12.2 Å². The fraction of sp³-hybridized carbons (Fsp3) is 0.864. The van der Waals surface area contributed by atoms with Gasteiger partial charge in [-0.15, -0.1) is 0 Å². The van der Waals surface area contributed by atoms with Crippen LogP contribution in [0.25, 0.3) is 0 Å². The number of hydrogen-bond donors (Lipinski definition) is 1. The summed E-state index contributed by atoms with van der Waals surface area (Å²) >= 11 is 0. The maximum absolute atomic E-state index is 9.92. The standard InChI is InChI=1S/C22H42N2O/c1-3-4-5-6-7-8-9-10-11-12-13-14-15-16-17-22(21(2)25)24-19-18-23-20-24/h16-17,20-22,25H,3-15,18-19H2,1-2H3. The highest BCUT2D eigenvalue weighted by Crippen LogP contribution is 2.13. The molecule has 3 nitrogen and oxygen atoms in total. The van der Waals surface area contributed by atoms with Crippen molar-refractivity contribution in [2.75, 3.05) is 13.1 Å². The third-order valence-electron chi connectivity index (χ3n) is 5.15. The average Bonchev–Trinajstić information content (AvgIpc) is 3.12. The van der Waals surface area contributed by atoms with Crippen LogP contribution in [-0.2, 0) is 0 Å². The van der Waals surface area contributed by atoms with Gasteiger partial charge >= 0.3 is 0 Å². The van der Waals surface area contributed by atoms with Gasteiger partial charge in [0.1, 0.15) is 0 Å². The van der Waals surface area contributed by atoms with E-state index in [2.05, 4.69) is 29.0 Å². The van der Waals surface area contributed by atoms with Crippen molar-refractivity contribution in [1.29, 1.82) is 0 Å². The predicted octanol–water partition coefficient (Wildman–Crippen LogP) is 5.73. The first-order chi connectivity index (χ1) is 12.3. The maximum atomic E-state index is 9.92. The third-order valence-corrected chi connectivity index (χ3v) is 5.15. The van der Waals surface area contributed by atoms with Gasteiger partial charge in [0, 0.05) is 6.54 Å². The number of nitrogens with zero attached hydrogens (tertiary/aromatic N) is 2. The van der Waals surface area contributed by atoms with E-state index in [9.17, 15) is 5.11 Å². The zero-order valence-electron chi connectivity index (χ0n) is 16.8. The van der Waals surface area contributed by atoms with Crippen LogP contribution in [0.4, 0.5) is 0 Å². The summed E-state index contributed by atoms with van der Waals surface area (Å²) in [7, 11) is 0. The zero-order valence-corrected chi connectivity index (χ0v) is 16.8. The van der Waals surface area contributed by atoms with E-state index in [4.69, 9.17) is 0 Å². The molecule has 1 N–H and O–H groups in total. The molecule has 3 heteroatoms. The fourth-order valence-electron chi connectivity index (χ4n) is 3.51. The minimum absolute atomic E-state index is 0.0866. The number of allylic oxidation sites excluding steroid dienone is 1. The molecule has 0 aliphatic carbocycles. The summed E-state index contributed by atoms with van der Waals surface area (Å²) in [5.74, 6) is 0. The molecular weight excluding hydrogens is 308 g/mol. The summed E-state index contributed by atoms with van der Waals surface area (Å²) in [5.41, 5.74) is 0. The van der Waals surface area contributed by atoms with Crippen LogP contribution >= 0.6 is 0 Å². The Labute approximate surface area is 156 Å². The number of aliphatic hydroxyl groups excluding tert-OH is 1. The molecule has 0 aromatic heterocycles. The summed E-state index contributed by atoms with van der Waals surface area (Å²) in [6, 6.07) is 0.0866. The molecular formula is C22H42N2O. The first-order valence-corrected chi connectivity index (χ1v) is 10.9. The lowest BCUT2D eigenvalue weighted by Gasteiger charge is -2.26. The predicted molar refractivity (Wildman–Crippen MR) is 110 cm³/mol. The topological polar surface area (TPSA) is 35.8 Å². The molecule has 1 heterocycles. The van der Waals surface area contributed by atoms with Gasteiger partial charge in [-0.25, -0.2) is 0 Å². The van der Waals surface area contributed by atoms with Gasteiger partial charge in [-0.2, -0.15) is 0 Å². The Morgan fingerprint density at radius 3 is 2.00 bits per heavy atom. The molecule has 2 atom stereocenters. The molecule has 25 heavy (non-hydrogen) atoms. The lowest BCUT2D eigenvalue weighted by molar-refractivity contribution is 0.130. The van der Waals surface area contributed by atoms with Crippen LogP contribution in [0, 0.1) is 0 Å². The average molecular weight is 351 g/mol. The molecule has 1 rings (SSSR count). The van der Waals surface area contributed by atoms with Crippen molar-refractivity contribution in [2.45, 2.75) is 109 Å². The number of unbranched alkanes of at least 4 members (excludes halogenated alkanes) is 12. The lowest BCUT2D eigenvalue weighted by Crippen LogP contribution is -2.39. The Kier molecular flexibility index (Phi) is 13.7. The van der Waals surface area contributed by atoms with Crippen LogP contribution in [0.2, 0.25) is 0 Å². The van der Waals surface area contributed by atoms with Gasteiger partial charge in [0.05, 0.1) is 25.0 Å². The Balaban J connectivity index is 1.91. The second-order valence-corrected chi connectivity index (χ2v) is 7.60. The second-order valence-electron chi connectivity index (χ2n) is 7.60. The smallest absolute Gasteiger partial charge is 0.0857 e. The van der Waals surface area contributed by atoms with E-state index in [0.717, 1.165) is 19.5 Å². The highest BCUT2D eigenvalue weighted by molar-refractivity contribution is 5.58. The molecule has 0 saturated heterocycles. The van der Waals surface area contributed by atoms with Crippen molar-refractivity contribution in [2.24, 2.45) is 4.99 Å². The first-order valence-electron chi connectivity index (χ1n) is 10.9. The van der Waals surface area contributed by atoms with Crippen LogP contribution in [0.15, 0.2) is 17.1 Å². The molecule has 0 fully saturated rings.